The van der Waals surface area contributed by atoms with E-state index >= 15 is 0 Å². The first-order valence-electron chi connectivity index (χ1n) is 10.2. The third-order valence-corrected chi connectivity index (χ3v) is 4.78. The zero-order chi connectivity index (χ0) is 23.8. The summed E-state index contributed by atoms with van der Waals surface area (Å²) in [5.74, 6) is -0.645. The van der Waals surface area contributed by atoms with E-state index in [1.165, 1.54) is 30.5 Å². The first-order chi connectivity index (χ1) is 15.8. The van der Waals surface area contributed by atoms with E-state index in [-0.39, 0.29) is 5.75 Å². The number of hydrogen-bond donors (Lipinski definition) is 2. The Balaban J connectivity index is 1.50. The molecule has 2 N–H and O–H groups in total. The van der Waals surface area contributed by atoms with Gasteiger partial charge in [0.1, 0.15) is 11.5 Å². The van der Waals surface area contributed by atoms with Crippen LogP contribution in [0.3, 0.4) is 0 Å². The van der Waals surface area contributed by atoms with Crippen molar-refractivity contribution in [3.05, 3.63) is 89.5 Å². The molecule has 0 aliphatic heterocycles. The van der Waals surface area contributed by atoms with Gasteiger partial charge in [-0.1, -0.05) is 18.2 Å². The molecule has 0 bridgehead atoms. The van der Waals surface area contributed by atoms with Crippen molar-refractivity contribution in [1.82, 2.24) is 15.8 Å². The highest BCUT2D eigenvalue weighted by molar-refractivity contribution is 5.93. The molecule has 0 saturated carbocycles. The van der Waals surface area contributed by atoms with Gasteiger partial charge in [-0.15, -0.1) is 0 Å². The van der Waals surface area contributed by atoms with Gasteiger partial charge < -0.3 is 9.47 Å². The molecule has 33 heavy (non-hydrogen) atoms. The maximum absolute atomic E-state index is 14.3. The molecule has 2 amide bonds. The van der Waals surface area contributed by atoms with Gasteiger partial charge in [-0.3, -0.25) is 25.4 Å². The van der Waals surface area contributed by atoms with Crippen LogP contribution in [0.1, 0.15) is 23.6 Å². The van der Waals surface area contributed by atoms with Gasteiger partial charge in [-0.05, 0) is 73.9 Å². The summed E-state index contributed by atoms with van der Waals surface area (Å²) in [5.41, 5.74) is 7.01. The Bertz CT molecular complexity index is 1170. The van der Waals surface area contributed by atoms with Crippen LogP contribution in [0.25, 0.3) is 6.08 Å². The van der Waals surface area contributed by atoms with Crippen molar-refractivity contribution in [2.45, 2.75) is 26.9 Å². The van der Waals surface area contributed by atoms with Crippen LogP contribution in [0, 0.1) is 19.7 Å². The molecule has 1 unspecified atom stereocenters. The second-order valence-electron chi connectivity index (χ2n) is 7.25. The molecule has 0 aliphatic carbocycles. The van der Waals surface area contributed by atoms with E-state index in [1.807, 2.05) is 26.0 Å². The molecule has 8 heteroatoms. The number of ether oxygens (including phenoxy) is 2. The van der Waals surface area contributed by atoms with Crippen LogP contribution in [-0.4, -0.2) is 22.9 Å². The Kier molecular flexibility index (Phi) is 7.75. The molecular formula is C25H24FN3O4. The van der Waals surface area contributed by atoms with Crippen LogP contribution in [0.4, 0.5) is 4.39 Å². The fraction of sp³-hybridized carbons (Fsp3) is 0.160. The van der Waals surface area contributed by atoms with Gasteiger partial charge in [0.05, 0.1) is 6.20 Å². The van der Waals surface area contributed by atoms with Crippen molar-refractivity contribution in [3.8, 4) is 17.2 Å². The van der Waals surface area contributed by atoms with Crippen LogP contribution in [-0.2, 0) is 9.59 Å². The van der Waals surface area contributed by atoms with Gasteiger partial charge in [0, 0.05) is 12.3 Å². The number of nitrogens with one attached hydrogen (secondary N) is 2. The summed E-state index contributed by atoms with van der Waals surface area (Å²) in [6.45, 7) is 5.44. The van der Waals surface area contributed by atoms with Gasteiger partial charge in [-0.2, -0.15) is 0 Å². The van der Waals surface area contributed by atoms with Crippen LogP contribution < -0.4 is 20.3 Å². The quantitative estimate of drug-likeness (QED) is 0.416. The molecule has 0 saturated heterocycles. The number of hydrazine groups is 1. The molecule has 0 fully saturated rings. The van der Waals surface area contributed by atoms with Crippen LogP contribution >= 0.6 is 0 Å². The van der Waals surface area contributed by atoms with E-state index in [1.54, 1.807) is 37.4 Å². The van der Waals surface area contributed by atoms with Crippen molar-refractivity contribution in [2.24, 2.45) is 0 Å². The predicted molar refractivity (Wildman–Crippen MR) is 122 cm³/mol. The van der Waals surface area contributed by atoms with E-state index in [4.69, 9.17) is 9.47 Å². The lowest BCUT2D eigenvalue weighted by Crippen LogP contribution is -2.46. The Hall–Kier alpha value is -4.20. The Morgan fingerprint density at radius 3 is 2.61 bits per heavy atom. The standard InChI is InChI=1S/C25H24FN3O4/c1-16-6-4-8-22(17(16)2)32-18(3)25(31)29-28-24(30)12-10-19-9-11-23(21(26)14-19)33-20-7-5-13-27-15-20/h4-15,18H,1-3H3,(H,28,30)(H,29,31)/b12-10+. The van der Waals surface area contributed by atoms with Crippen molar-refractivity contribution in [1.29, 1.82) is 0 Å². The van der Waals surface area contributed by atoms with E-state index in [0.29, 0.717) is 17.1 Å². The zero-order valence-electron chi connectivity index (χ0n) is 18.5. The number of carbonyl (C=O) groups is 2. The molecule has 170 valence electrons. The van der Waals surface area contributed by atoms with Gasteiger partial charge in [-0.25, -0.2) is 4.39 Å². The molecule has 1 atom stereocenters. The highest BCUT2D eigenvalue weighted by Gasteiger charge is 2.16. The van der Waals surface area contributed by atoms with Crippen molar-refractivity contribution < 1.29 is 23.5 Å². The number of rotatable bonds is 7. The summed E-state index contributed by atoms with van der Waals surface area (Å²) in [5, 5.41) is 0. The van der Waals surface area contributed by atoms with E-state index in [2.05, 4.69) is 15.8 Å². The number of nitrogens with zero attached hydrogens (tertiary/aromatic N) is 1. The third kappa shape index (κ3) is 6.64. The van der Waals surface area contributed by atoms with E-state index in [9.17, 15) is 14.0 Å². The number of halogens is 1. The van der Waals surface area contributed by atoms with Crippen LogP contribution in [0.15, 0.2) is 67.0 Å². The number of carbonyl (C=O) groups excluding carboxylic acids is 2. The van der Waals surface area contributed by atoms with Gasteiger partial charge in [0.15, 0.2) is 17.7 Å². The molecule has 7 nitrogen and oxygen atoms in total. The Labute approximate surface area is 191 Å². The molecule has 1 heterocycles. The normalized spacial score (nSPS) is 11.6. The first-order valence-corrected chi connectivity index (χ1v) is 10.2. The molecule has 0 aliphatic rings. The predicted octanol–water partition coefficient (Wildman–Crippen LogP) is 4.26. The van der Waals surface area contributed by atoms with Gasteiger partial charge in [0.2, 0.25) is 0 Å². The highest BCUT2D eigenvalue weighted by Crippen LogP contribution is 2.25. The minimum absolute atomic E-state index is 0.0368. The number of hydrogen-bond acceptors (Lipinski definition) is 5. The number of amides is 2. The Morgan fingerprint density at radius 2 is 1.88 bits per heavy atom. The second kappa shape index (κ2) is 10.9. The SMILES string of the molecule is Cc1cccc(OC(C)C(=O)NNC(=O)/C=C/c2ccc(Oc3cccnc3)c(F)c2)c1C. The number of pyridine rings is 1. The lowest BCUT2D eigenvalue weighted by Gasteiger charge is -2.17. The summed E-state index contributed by atoms with van der Waals surface area (Å²) in [4.78, 5) is 28.1. The minimum atomic E-state index is -0.823. The number of aromatic nitrogens is 1. The second-order valence-corrected chi connectivity index (χ2v) is 7.25. The summed E-state index contributed by atoms with van der Waals surface area (Å²) < 4.78 is 25.4. The van der Waals surface area contributed by atoms with Crippen molar-refractivity contribution in [3.63, 3.8) is 0 Å². The highest BCUT2D eigenvalue weighted by atomic mass is 19.1. The largest absolute Gasteiger partial charge is 0.481 e. The lowest BCUT2D eigenvalue weighted by molar-refractivity contribution is -0.131. The summed E-state index contributed by atoms with van der Waals surface area (Å²) >= 11 is 0. The monoisotopic (exact) mass is 449 g/mol. The van der Waals surface area contributed by atoms with E-state index in [0.717, 1.165) is 11.1 Å². The smallest absolute Gasteiger partial charge is 0.279 e. The fourth-order valence-corrected chi connectivity index (χ4v) is 2.77. The van der Waals surface area contributed by atoms with Crippen LogP contribution in [0.2, 0.25) is 0 Å². The molecule has 0 spiro atoms. The van der Waals surface area contributed by atoms with Gasteiger partial charge >= 0.3 is 0 Å². The van der Waals surface area contributed by atoms with Crippen LogP contribution in [0.5, 0.6) is 17.2 Å². The molecular weight excluding hydrogens is 425 g/mol. The molecule has 1 aromatic heterocycles. The average Bonchev–Trinajstić information content (AvgIpc) is 2.81. The maximum Gasteiger partial charge on any atom is 0.279 e. The van der Waals surface area contributed by atoms with Crippen molar-refractivity contribution in [2.75, 3.05) is 0 Å². The zero-order valence-corrected chi connectivity index (χ0v) is 18.5. The molecule has 3 aromatic rings. The number of aryl methyl sites for hydroxylation is 1. The first kappa shape index (κ1) is 23.5. The Morgan fingerprint density at radius 1 is 1.06 bits per heavy atom. The maximum atomic E-state index is 14.3. The minimum Gasteiger partial charge on any atom is -0.481 e. The fourth-order valence-electron chi connectivity index (χ4n) is 2.77. The average molecular weight is 449 g/mol. The van der Waals surface area contributed by atoms with E-state index < -0.39 is 23.7 Å². The van der Waals surface area contributed by atoms with Gasteiger partial charge in [0.25, 0.3) is 11.8 Å². The summed E-state index contributed by atoms with van der Waals surface area (Å²) in [6, 6.07) is 13.2. The number of benzene rings is 2. The molecule has 0 radical (unpaired) electrons. The lowest BCUT2D eigenvalue weighted by atomic mass is 10.1. The summed E-state index contributed by atoms with van der Waals surface area (Å²) in [6.07, 6.45) is 4.82. The van der Waals surface area contributed by atoms with Crippen molar-refractivity contribution >= 4 is 17.9 Å². The molecule has 2 aromatic carbocycles. The topological polar surface area (TPSA) is 89.6 Å². The third-order valence-electron chi connectivity index (χ3n) is 4.78. The summed E-state index contributed by atoms with van der Waals surface area (Å²) in [7, 11) is 0. The molecule has 3 rings (SSSR count).